The number of thioether (sulfide) groups is 1. The van der Waals surface area contributed by atoms with Crippen LogP contribution in [0.4, 0.5) is 0 Å². The molecular weight excluding hydrogens is 290 g/mol. The number of hydrogen-bond acceptors (Lipinski definition) is 3. The van der Waals surface area contributed by atoms with Crippen molar-refractivity contribution in [2.24, 2.45) is 0 Å². The number of rotatable bonds is 5. The van der Waals surface area contributed by atoms with Crippen LogP contribution in [0.5, 0.6) is 0 Å². The fourth-order valence-electron chi connectivity index (χ4n) is 0.997. The van der Waals surface area contributed by atoms with Crippen molar-refractivity contribution in [1.29, 1.82) is 0 Å². The zero-order valence-electron chi connectivity index (χ0n) is 9.20. The van der Waals surface area contributed by atoms with E-state index in [-0.39, 0.29) is 11.2 Å². The van der Waals surface area contributed by atoms with Gasteiger partial charge in [-0.1, -0.05) is 15.9 Å². The lowest BCUT2D eigenvalue weighted by Crippen LogP contribution is -2.30. The van der Waals surface area contributed by atoms with E-state index in [2.05, 4.69) is 21.4 Å². The molecule has 0 spiro atoms. The number of carbonyl (C=O) groups excluding carboxylic acids is 1. The molecule has 0 aromatic heterocycles. The summed E-state index contributed by atoms with van der Waals surface area (Å²) in [5, 5.41) is -0.173. The average molecular weight is 304 g/mol. The Morgan fingerprint density at radius 1 is 1.50 bits per heavy atom. The van der Waals surface area contributed by atoms with E-state index < -0.39 is 0 Å². The van der Waals surface area contributed by atoms with Crippen LogP contribution in [0, 0.1) is 0 Å². The monoisotopic (exact) mass is 303 g/mol. The fraction of sp³-hybridized carbons (Fsp3) is 0.364. The lowest BCUT2D eigenvalue weighted by atomic mass is 10.4. The Labute approximate surface area is 108 Å². The zero-order valence-corrected chi connectivity index (χ0v) is 11.6. The van der Waals surface area contributed by atoms with Crippen LogP contribution in [0.1, 0.15) is 13.8 Å². The summed E-state index contributed by atoms with van der Waals surface area (Å²) in [5.41, 5.74) is 2.39. The molecule has 1 amide bonds. The molecule has 1 atom stereocenters. The van der Waals surface area contributed by atoms with Gasteiger partial charge in [-0.05, 0) is 38.1 Å². The van der Waals surface area contributed by atoms with E-state index in [1.54, 1.807) is 0 Å². The maximum atomic E-state index is 11.5. The highest BCUT2D eigenvalue weighted by atomic mass is 79.9. The molecule has 0 aliphatic heterocycles. The molecule has 1 N–H and O–H groups in total. The number of halogens is 1. The third kappa shape index (κ3) is 4.55. The molecule has 0 bridgehead atoms. The van der Waals surface area contributed by atoms with Crippen molar-refractivity contribution >= 4 is 33.6 Å². The van der Waals surface area contributed by atoms with Gasteiger partial charge >= 0.3 is 0 Å². The number of amides is 1. The maximum Gasteiger partial charge on any atom is 0.256 e. The van der Waals surface area contributed by atoms with E-state index >= 15 is 0 Å². The van der Waals surface area contributed by atoms with Gasteiger partial charge in [-0.25, -0.2) is 5.48 Å². The Kier molecular flexibility index (Phi) is 5.87. The third-order valence-corrected chi connectivity index (χ3v) is 3.45. The molecule has 1 unspecified atom stereocenters. The minimum absolute atomic E-state index is 0.116. The standard InChI is InChI=1S/C11H14BrNO2S/c1-3-15-13-11(14)8(2)16-10-6-4-9(12)5-7-10/h4-8H,3H2,1-2H3,(H,13,14). The van der Waals surface area contributed by atoms with Crippen molar-refractivity contribution in [2.75, 3.05) is 6.61 Å². The highest BCUT2D eigenvalue weighted by Crippen LogP contribution is 2.24. The molecule has 0 fully saturated rings. The second kappa shape index (κ2) is 6.93. The summed E-state index contributed by atoms with van der Waals surface area (Å²) in [4.78, 5) is 17.4. The molecule has 3 nitrogen and oxygen atoms in total. The first-order valence-electron chi connectivity index (χ1n) is 4.97. The van der Waals surface area contributed by atoms with Crippen LogP contribution in [0.2, 0.25) is 0 Å². The molecule has 5 heteroatoms. The van der Waals surface area contributed by atoms with Gasteiger partial charge in [-0.2, -0.15) is 0 Å². The second-order valence-electron chi connectivity index (χ2n) is 3.11. The minimum atomic E-state index is -0.173. The molecule has 88 valence electrons. The van der Waals surface area contributed by atoms with E-state index in [4.69, 9.17) is 4.84 Å². The molecular formula is C11H14BrNO2S. The van der Waals surface area contributed by atoms with E-state index in [0.29, 0.717) is 6.61 Å². The Hall–Kier alpha value is -0.520. The van der Waals surface area contributed by atoms with Crippen LogP contribution in [-0.4, -0.2) is 17.8 Å². The van der Waals surface area contributed by atoms with Gasteiger partial charge in [0, 0.05) is 9.37 Å². The van der Waals surface area contributed by atoms with Gasteiger partial charge in [0.05, 0.1) is 11.9 Å². The zero-order chi connectivity index (χ0) is 12.0. The van der Waals surface area contributed by atoms with Crippen LogP contribution in [0.3, 0.4) is 0 Å². The van der Waals surface area contributed by atoms with Crippen molar-refractivity contribution in [1.82, 2.24) is 5.48 Å². The molecule has 0 heterocycles. The summed E-state index contributed by atoms with van der Waals surface area (Å²) in [6, 6.07) is 7.85. The molecule has 1 aromatic carbocycles. The lowest BCUT2D eigenvalue weighted by Gasteiger charge is -2.11. The topological polar surface area (TPSA) is 38.3 Å². The van der Waals surface area contributed by atoms with Crippen molar-refractivity contribution in [3.8, 4) is 0 Å². The average Bonchev–Trinajstić information content (AvgIpc) is 2.29. The van der Waals surface area contributed by atoms with Gasteiger partial charge in [0.1, 0.15) is 0 Å². The number of benzene rings is 1. The Bertz CT molecular complexity index is 342. The molecule has 16 heavy (non-hydrogen) atoms. The Balaban J connectivity index is 2.47. The van der Waals surface area contributed by atoms with Crippen LogP contribution in [0.15, 0.2) is 33.6 Å². The van der Waals surface area contributed by atoms with Crippen LogP contribution >= 0.6 is 27.7 Å². The predicted molar refractivity (Wildman–Crippen MR) is 69.2 cm³/mol. The molecule has 1 aromatic rings. The molecule has 0 radical (unpaired) electrons. The van der Waals surface area contributed by atoms with Gasteiger partial charge in [-0.3, -0.25) is 9.63 Å². The molecule has 0 saturated carbocycles. The molecule has 0 saturated heterocycles. The van der Waals surface area contributed by atoms with E-state index in [1.807, 2.05) is 38.1 Å². The highest BCUT2D eigenvalue weighted by molar-refractivity contribution is 9.10. The molecule has 0 aliphatic rings. The number of nitrogens with one attached hydrogen (secondary N) is 1. The maximum absolute atomic E-state index is 11.5. The van der Waals surface area contributed by atoms with Crippen molar-refractivity contribution in [3.63, 3.8) is 0 Å². The van der Waals surface area contributed by atoms with Crippen molar-refractivity contribution in [3.05, 3.63) is 28.7 Å². The first kappa shape index (κ1) is 13.5. The van der Waals surface area contributed by atoms with Crippen molar-refractivity contribution < 1.29 is 9.63 Å². The third-order valence-electron chi connectivity index (χ3n) is 1.81. The number of hydroxylamine groups is 1. The quantitative estimate of drug-likeness (QED) is 0.671. The van der Waals surface area contributed by atoms with Gasteiger partial charge in [0.15, 0.2) is 0 Å². The van der Waals surface area contributed by atoms with Crippen LogP contribution < -0.4 is 5.48 Å². The molecule has 0 aliphatic carbocycles. The minimum Gasteiger partial charge on any atom is -0.274 e. The molecule has 1 rings (SSSR count). The van der Waals surface area contributed by atoms with E-state index in [9.17, 15) is 4.79 Å². The predicted octanol–water partition coefficient (Wildman–Crippen LogP) is 3.00. The second-order valence-corrected chi connectivity index (χ2v) is 5.44. The van der Waals surface area contributed by atoms with Gasteiger partial charge in [-0.15, -0.1) is 11.8 Å². The van der Waals surface area contributed by atoms with Gasteiger partial charge in [0.2, 0.25) is 0 Å². The summed E-state index contributed by atoms with van der Waals surface area (Å²) < 4.78 is 1.03. The lowest BCUT2D eigenvalue weighted by molar-refractivity contribution is -0.132. The Morgan fingerprint density at radius 3 is 2.69 bits per heavy atom. The number of hydrogen-bond donors (Lipinski definition) is 1. The van der Waals surface area contributed by atoms with Gasteiger partial charge < -0.3 is 0 Å². The van der Waals surface area contributed by atoms with Crippen molar-refractivity contribution in [2.45, 2.75) is 24.0 Å². The SMILES string of the molecule is CCONC(=O)C(C)Sc1ccc(Br)cc1. The first-order chi connectivity index (χ1) is 7.63. The normalized spacial score (nSPS) is 12.2. The summed E-state index contributed by atoms with van der Waals surface area (Å²) in [5.74, 6) is -0.116. The van der Waals surface area contributed by atoms with E-state index in [0.717, 1.165) is 9.37 Å². The smallest absolute Gasteiger partial charge is 0.256 e. The Morgan fingerprint density at radius 2 is 2.12 bits per heavy atom. The van der Waals surface area contributed by atoms with Crippen LogP contribution in [0.25, 0.3) is 0 Å². The summed E-state index contributed by atoms with van der Waals surface area (Å²) in [7, 11) is 0. The summed E-state index contributed by atoms with van der Waals surface area (Å²) in [6.45, 7) is 4.15. The van der Waals surface area contributed by atoms with Gasteiger partial charge in [0.25, 0.3) is 5.91 Å². The summed E-state index contributed by atoms with van der Waals surface area (Å²) in [6.07, 6.45) is 0. The van der Waals surface area contributed by atoms with E-state index in [1.165, 1.54) is 11.8 Å². The largest absolute Gasteiger partial charge is 0.274 e. The number of carbonyl (C=O) groups is 1. The summed E-state index contributed by atoms with van der Waals surface area (Å²) >= 11 is 4.86. The first-order valence-corrected chi connectivity index (χ1v) is 6.64. The highest BCUT2D eigenvalue weighted by Gasteiger charge is 2.13. The fourth-order valence-corrected chi connectivity index (χ4v) is 2.12. The van der Waals surface area contributed by atoms with Crippen LogP contribution in [-0.2, 0) is 9.63 Å².